The largest absolute Gasteiger partial charge is 0.462 e. The second-order valence-electron chi connectivity index (χ2n) is 13.4. The Labute approximate surface area is 259 Å². The van der Waals surface area contributed by atoms with Crippen molar-refractivity contribution in [3.63, 3.8) is 0 Å². The third kappa shape index (κ3) is 4.79. The number of rotatable bonds is 3. The number of hydrogen-bond donors (Lipinski definition) is 2. The monoisotopic (exact) mass is 621 g/mol. The molecule has 10 nitrogen and oxygen atoms in total. The van der Waals surface area contributed by atoms with Crippen LogP contribution >= 0.6 is 11.6 Å². The van der Waals surface area contributed by atoms with E-state index in [1.54, 1.807) is 18.5 Å². The van der Waals surface area contributed by atoms with Crippen LogP contribution in [0.4, 0.5) is 10.2 Å². The van der Waals surface area contributed by atoms with Gasteiger partial charge < -0.3 is 24.4 Å². The highest BCUT2D eigenvalue weighted by Crippen LogP contribution is 2.55. The molecule has 7 bridgehead atoms. The zero-order valence-corrected chi connectivity index (χ0v) is 25.7. The van der Waals surface area contributed by atoms with Crippen molar-refractivity contribution in [1.29, 1.82) is 0 Å². The number of nitrogens with one attached hydrogen (secondary N) is 1. The number of aromatic amines is 1. The number of likely N-dealkylation sites (N-methyl/N-ethyl adjacent to an activating group) is 1. The van der Waals surface area contributed by atoms with Gasteiger partial charge in [-0.05, 0) is 82.0 Å². The number of aromatic nitrogens is 5. The van der Waals surface area contributed by atoms with E-state index in [2.05, 4.69) is 32.0 Å². The number of halogens is 2. The molecule has 3 aromatic heterocycles. The molecule has 3 fully saturated rings. The van der Waals surface area contributed by atoms with Crippen LogP contribution < -0.4 is 9.64 Å². The molecule has 2 saturated heterocycles. The van der Waals surface area contributed by atoms with Crippen molar-refractivity contribution in [3.05, 3.63) is 34.9 Å². The molecule has 6 aliphatic rings. The molecule has 0 unspecified atom stereocenters. The standard InChI is InChI=1S/C32H37ClFN7O3/c1-40-8-2-4-19(40)15-44-30-37-27-22-13-35-28(26(27)34)25-20(23(33)12-24-21(25)14-36-39-24)5-10-43-11-7-32(42)16-31(17-32)6-3-9-41(18-31)29(22)38-30/h12-14,19,42H,2-11,15-18H2,1H3,(H,36,39)/t19-,31?,32?/m0/s1. The van der Waals surface area contributed by atoms with Crippen LogP contribution in [0.25, 0.3) is 33.1 Å². The van der Waals surface area contributed by atoms with Gasteiger partial charge in [-0.25, -0.2) is 4.39 Å². The molecule has 1 aromatic carbocycles. The summed E-state index contributed by atoms with van der Waals surface area (Å²) < 4.78 is 29.2. The summed E-state index contributed by atoms with van der Waals surface area (Å²) in [4.78, 5) is 18.8. The summed E-state index contributed by atoms with van der Waals surface area (Å²) in [5.74, 6) is 0.0830. The Kier molecular flexibility index (Phi) is 6.93. The molecule has 1 aliphatic carbocycles. The fourth-order valence-corrected chi connectivity index (χ4v) is 8.51. The minimum Gasteiger partial charge on any atom is -0.462 e. The Morgan fingerprint density at radius 3 is 2.89 bits per heavy atom. The molecule has 0 amide bonds. The smallest absolute Gasteiger partial charge is 0.319 e. The Morgan fingerprint density at radius 2 is 2.05 bits per heavy atom. The number of nitrogens with zero attached hydrogens (tertiary/aromatic N) is 6. The summed E-state index contributed by atoms with van der Waals surface area (Å²) in [6.45, 7) is 3.79. The predicted octanol–water partition coefficient (Wildman–Crippen LogP) is 4.91. The van der Waals surface area contributed by atoms with Gasteiger partial charge in [0, 0.05) is 47.9 Å². The number of aliphatic hydroxyl groups is 1. The molecule has 1 atom stereocenters. The number of anilines is 1. The molecule has 12 heteroatoms. The second-order valence-corrected chi connectivity index (χ2v) is 13.8. The highest BCUT2D eigenvalue weighted by atomic mass is 35.5. The summed E-state index contributed by atoms with van der Waals surface area (Å²) >= 11 is 6.81. The molecule has 1 saturated carbocycles. The van der Waals surface area contributed by atoms with E-state index in [0.717, 1.165) is 56.3 Å². The van der Waals surface area contributed by atoms with E-state index < -0.39 is 11.4 Å². The lowest BCUT2D eigenvalue weighted by molar-refractivity contribution is -0.145. The molecule has 0 radical (unpaired) electrons. The van der Waals surface area contributed by atoms with E-state index in [1.165, 1.54) is 0 Å². The van der Waals surface area contributed by atoms with Crippen LogP contribution in [0.5, 0.6) is 6.01 Å². The van der Waals surface area contributed by atoms with Gasteiger partial charge in [-0.2, -0.15) is 15.1 Å². The van der Waals surface area contributed by atoms with Crippen molar-refractivity contribution in [3.8, 4) is 17.3 Å². The summed E-state index contributed by atoms with van der Waals surface area (Å²) in [6.07, 6.45) is 9.97. The maximum absolute atomic E-state index is 16.9. The van der Waals surface area contributed by atoms with Crippen molar-refractivity contribution in [2.75, 3.05) is 51.4 Å². The van der Waals surface area contributed by atoms with Crippen molar-refractivity contribution >= 4 is 39.2 Å². The Hall–Kier alpha value is -3.12. The maximum Gasteiger partial charge on any atom is 0.319 e. The minimum absolute atomic E-state index is 0.0195. The van der Waals surface area contributed by atoms with Gasteiger partial charge >= 0.3 is 6.01 Å². The third-order valence-electron chi connectivity index (χ3n) is 10.3. The van der Waals surface area contributed by atoms with Crippen LogP contribution in [-0.2, 0) is 11.2 Å². The van der Waals surface area contributed by atoms with Gasteiger partial charge in [0.05, 0.1) is 29.3 Å². The van der Waals surface area contributed by atoms with Crippen LogP contribution in [-0.4, -0.2) is 93.3 Å². The quantitative estimate of drug-likeness (QED) is 0.330. The normalized spacial score (nSPS) is 27.5. The lowest BCUT2D eigenvalue weighted by Crippen LogP contribution is -2.59. The van der Waals surface area contributed by atoms with Crippen LogP contribution in [0.2, 0.25) is 5.02 Å². The van der Waals surface area contributed by atoms with Gasteiger partial charge in [0.15, 0.2) is 5.82 Å². The first-order valence-electron chi connectivity index (χ1n) is 15.7. The number of likely N-dealkylation sites (tertiary alicyclic amines) is 1. The van der Waals surface area contributed by atoms with E-state index in [4.69, 9.17) is 31.0 Å². The number of piperidine rings is 1. The van der Waals surface area contributed by atoms with E-state index in [-0.39, 0.29) is 28.7 Å². The zero-order chi connectivity index (χ0) is 30.1. The van der Waals surface area contributed by atoms with Crippen LogP contribution in [0.15, 0.2) is 18.5 Å². The third-order valence-corrected chi connectivity index (χ3v) is 10.7. The van der Waals surface area contributed by atoms with Crippen LogP contribution in [0.1, 0.15) is 50.5 Å². The Balaban J connectivity index is 1.30. The van der Waals surface area contributed by atoms with Crippen molar-refractivity contribution < 1.29 is 19.0 Å². The van der Waals surface area contributed by atoms with Gasteiger partial charge in [-0.1, -0.05) is 11.6 Å². The summed E-state index contributed by atoms with van der Waals surface area (Å²) in [6, 6.07) is 2.24. The number of pyridine rings is 1. The second kappa shape index (κ2) is 10.8. The first-order valence-corrected chi connectivity index (χ1v) is 16.1. The Morgan fingerprint density at radius 1 is 1.16 bits per heavy atom. The van der Waals surface area contributed by atoms with Gasteiger partial charge in [-0.15, -0.1) is 0 Å². The SMILES string of the molecule is CN1CCC[C@H]1COc1nc2c3cnc(c(F)c3n1)-c1c(c(Cl)cc3[nH]ncc13)CCOCCC1(O)CC3(CCCN2C3)C1. The fraction of sp³-hybridized carbons (Fsp3) is 0.562. The summed E-state index contributed by atoms with van der Waals surface area (Å²) in [7, 11) is 2.10. The highest BCUT2D eigenvalue weighted by molar-refractivity contribution is 6.33. The number of hydrogen-bond acceptors (Lipinski definition) is 9. The lowest BCUT2D eigenvalue weighted by Gasteiger charge is -2.57. The maximum atomic E-state index is 16.9. The van der Waals surface area contributed by atoms with Crippen molar-refractivity contribution in [2.45, 2.75) is 63.0 Å². The topological polar surface area (TPSA) is 113 Å². The number of ether oxygens (including phenoxy) is 2. The van der Waals surface area contributed by atoms with Crippen molar-refractivity contribution in [2.24, 2.45) is 5.41 Å². The molecule has 44 heavy (non-hydrogen) atoms. The van der Waals surface area contributed by atoms with Crippen molar-refractivity contribution in [1.82, 2.24) is 30.0 Å². The average molecular weight is 622 g/mol. The Bertz CT molecular complexity index is 1740. The van der Waals surface area contributed by atoms with Crippen LogP contribution in [0.3, 0.4) is 0 Å². The molecule has 5 aliphatic heterocycles. The summed E-state index contributed by atoms with van der Waals surface area (Å²) in [5, 5.41) is 20.3. The van der Waals surface area contributed by atoms with E-state index in [9.17, 15) is 5.11 Å². The first kappa shape index (κ1) is 28.4. The molecule has 1 spiro atoms. The van der Waals surface area contributed by atoms with Gasteiger partial charge in [0.2, 0.25) is 0 Å². The minimum atomic E-state index is -0.743. The number of benzene rings is 1. The van der Waals surface area contributed by atoms with Crippen LogP contribution in [0, 0.1) is 11.2 Å². The van der Waals surface area contributed by atoms with E-state index in [1.807, 2.05) is 0 Å². The fourth-order valence-electron chi connectivity index (χ4n) is 8.22. The molecule has 232 valence electrons. The van der Waals surface area contributed by atoms with E-state index in [0.29, 0.717) is 72.8 Å². The summed E-state index contributed by atoms with van der Waals surface area (Å²) in [5.41, 5.74) is 1.55. The number of H-pyrrole nitrogens is 1. The zero-order valence-electron chi connectivity index (χ0n) is 24.9. The molecule has 10 rings (SSSR count). The molecular formula is C32H37ClFN7O3. The van der Waals surface area contributed by atoms with Gasteiger partial charge in [-0.3, -0.25) is 10.1 Å². The number of fused-ring (bicyclic) bond motifs is 1. The van der Waals surface area contributed by atoms with Gasteiger partial charge in [0.25, 0.3) is 0 Å². The lowest BCUT2D eigenvalue weighted by atomic mass is 9.55. The van der Waals surface area contributed by atoms with E-state index >= 15 is 4.39 Å². The van der Waals surface area contributed by atoms with Gasteiger partial charge in [0.1, 0.15) is 23.6 Å². The molecule has 4 aromatic rings. The predicted molar refractivity (Wildman–Crippen MR) is 166 cm³/mol. The average Bonchev–Trinajstić information content (AvgIpc) is 3.63. The molecule has 8 heterocycles. The highest BCUT2D eigenvalue weighted by Gasteiger charge is 2.54. The molecule has 2 N–H and O–H groups in total. The molecular weight excluding hydrogens is 585 g/mol. The first-order chi connectivity index (χ1) is 21.3.